The second-order valence-corrected chi connectivity index (χ2v) is 4.85. The molecular formula is C12H9N5O2S. The summed E-state index contributed by atoms with van der Waals surface area (Å²) in [6.07, 6.45) is 0. The summed E-state index contributed by atoms with van der Waals surface area (Å²) in [4.78, 5) is 24.2. The number of amides is 1. The molecule has 0 unspecified atom stereocenters. The fourth-order valence-electron chi connectivity index (χ4n) is 1.85. The molecule has 0 aliphatic carbocycles. The Labute approximate surface area is 116 Å². The topological polar surface area (TPSA) is 89.8 Å². The minimum atomic E-state index is -0.423. The van der Waals surface area contributed by atoms with Crippen molar-refractivity contribution in [1.29, 1.82) is 0 Å². The second kappa shape index (κ2) is 4.82. The van der Waals surface area contributed by atoms with Crippen LogP contribution in [-0.2, 0) is 7.05 Å². The van der Waals surface area contributed by atoms with Crippen LogP contribution in [0, 0.1) is 0 Å². The van der Waals surface area contributed by atoms with Gasteiger partial charge in [-0.1, -0.05) is 29.5 Å². The van der Waals surface area contributed by atoms with Crippen LogP contribution in [0.2, 0.25) is 0 Å². The lowest BCUT2D eigenvalue weighted by molar-refractivity contribution is 0.102. The molecular weight excluding hydrogens is 278 g/mol. The summed E-state index contributed by atoms with van der Waals surface area (Å²) in [6, 6.07) is 6.86. The van der Waals surface area contributed by atoms with Gasteiger partial charge >= 0.3 is 0 Å². The predicted molar refractivity (Wildman–Crippen MR) is 74.8 cm³/mol. The molecule has 2 heterocycles. The van der Waals surface area contributed by atoms with Gasteiger partial charge in [-0.25, -0.2) is 4.68 Å². The van der Waals surface area contributed by atoms with Crippen LogP contribution in [0.3, 0.4) is 0 Å². The third kappa shape index (κ3) is 2.05. The highest BCUT2D eigenvalue weighted by Crippen LogP contribution is 2.15. The first kappa shape index (κ1) is 12.4. The normalized spacial score (nSPS) is 10.7. The van der Waals surface area contributed by atoms with E-state index in [9.17, 15) is 9.59 Å². The summed E-state index contributed by atoms with van der Waals surface area (Å²) in [5.41, 5.74) is 1.45. The highest BCUT2D eigenvalue weighted by Gasteiger charge is 2.16. The minimum Gasteiger partial charge on any atom is -0.295 e. The standard InChI is InChI=1S/C12H9N5O2S/c1-17-11(19)8-5-3-2-4-7(8)9(16-17)10(18)14-12-15-13-6-20-12/h2-6H,1H3,(H,14,15,18). The number of nitrogens with one attached hydrogen (secondary N) is 1. The smallest absolute Gasteiger partial charge is 0.278 e. The first-order valence-electron chi connectivity index (χ1n) is 5.70. The van der Waals surface area contributed by atoms with Gasteiger partial charge in [0.2, 0.25) is 5.13 Å². The minimum absolute atomic E-state index is 0.179. The Hall–Kier alpha value is -2.61. The Morgan fingerprint density at radius 3 is 2.75 bits per heavy atom. The number of benzene rings is 1. The van der Waals surface area contributed by atoms with E-state index in [1.54, 1.807) is 24.3 Å². The van der Waals surface area contributed by atoms with Crippen molar-refractivity contribution >= 4 is 33.1 Å². The molecule has 0 bridgehead atoms. The summed E-state index contributed by atoms with van der Waals surface area (Å²) in [5, 5.41) is 15.4. The van der Waals surface area contributed by atoms with E-state index in [1.807, 2.05) is 0 Å². The van der Waals surface area contributed by atoms with Crippen LogP contribution in [0.25, 0.3) is 10.8 Å². The van der Waals surface area contributed by atoms with Crippen molar-refractivity contribution < 1.29 is 4.79 Å². The molecule has 3 aromatic rings. The van der Waals surface area contributed by atoms with Crippen molar-refractivity contribution in [3.8, 4) is 0 Å². The van der Waals surface area contributed by atoms with Crippen molar-refractivity contribution in [1.82, 2.24) is 20.0 Å². The first-order valence-corrected chi connectivity index (χ1v) is 6.58. The summed E-state index contributed by atoms with van der Waals surface area (Å²) in [5.74, 6) is -0.423. The monoisotopic (exact) mass is 287 g/mol. The molecule has 0 radical (unpaired) electrons. The SMILES string of the molecule is Cn1nc(C(=O)Nc2nncs2)c2ccccc2c1=O. The van der Waals surface area contributed by atoms with E-state index >= 15 is 0 Å². The molecule has 0 aliphatic heterocycles. The number of aromatic nitrogens is 4. The zero-order valence-corrected chi connectivity index (χ0v) is 11.2. The maximum absolute atomic E-state index is 12.2. The molecule has 0 saturated carbocycles. The zero-order chi connectivity index (χ0) is 14.1. The summed E-state index contributed by atoms with van der Waals surface area (Å²) < 4.78 is 1.15. The lowest BCUT2D eigenvalue weighted by Crippen LogP contribution is -2.25. The number of aryl methyl sites for hydroxylation is 1. The van der Waals surface area contributed by atoms with Gasteiger partial charge in [-0.3, -0.25) is 14.9 Å². The Balaban J connectivity index is 2.14. The van der Waals surface area contributed by atoms with E-state index in [-0.39, 0.29) is 11.3 Å². The van der Waals surface area contributed by atoms with Crippen LogP contribution in [0.5, 0.6) is 0 Å². The second-order valence-electron chi connectivity index (χ2n) is 4.02. The number of fused-ring (bicyclic) bond motifs is 1. The zero-order valence-electron chi connectivity index (χ0n) is 10.4. The maximum atomic E-state index is 12.2. The van der Waals surface area contributed by atoms with Gasteiger partial charge in [0.25, 0.3) is 11.5 Å². The maximum Gasteiger partial charge on any atom is 0.278 e. The van der Waals surface area contributed by atoms with Crippen molar-refractivity contribution in [2.24, 2.45) is 7.05 Å². The molecule has 20 heavy (non-hydrogen) atoms. The lowest BCUT2D eigenvalue weighted by atomic mass is 10.1. The van der Waals surface area contributed by atoms with Crippen LogP contribution >= 0.6 is 11.3 Å². The van der Waals surface area contributed by atoms with E-state index in [2.05, 4.69) is 20.6 Å². The van der Waals surface area contributed by atoms with E-state index in [0.717, 1.165) is 4.68 Å². The Morgan fingerprint density at radius 1 is 1.30 bits per heavy atom. The van der Waals surface area contributed by atoms with Gasteiger partial charge in [-0.15, -0.1) is 10.2 Å². The quantitative estimate of drug-likeness (QED) is 0.760. The van der Waals surface area contributed by atoms with Crippen LogP contribution < -0.4 is 10.9 Å². The van der Waals surface area contributed by atoms with Crippen LogP contribution in [0.1, 0.15) is 10.5 Å². The number of anilines is 1. The van der Waals surface area contributed by atoms with Gasteiger partial charge in [0, 0.05) is 12.4 Å². The molecule has 0 spiro atoms. The van der Waals surface area contributed by atoms with Gasteiger partial charge in [-0.2, -0.15) is 5.10 Å². The lowest BCUT2D eigenvalue weighted by Gasteiger charge is -2.07. The number of carbonyl (C=O) groups is 1. The van der Waals surface area contributed by atoms with Crippen molar-refractivity contribution in [2.75, 3.05) is 5.32 Å². The molecule has 1 N–H and O–H groups in total. The number of carbonyl (C=O) groups excluding carboxylic acids is 1. The van der Waals surface area contributed by atoms with Crippen molar-refractivity contribution in [2.45, 2.75) is 0 Å². The molecule has 1 amide bonds. The van der Waals surface area contributed by atoms with Gasteiger partial charge in [0.05, 0.1) is 5.39 Å². The fraction of sp³-hybridized carbons (Fsp3) is 0.0833. The van der Waals surface area contributed by atoms with Crippen LogP contribution in [-0.4, -0.2) is 25.9 Å². The molecule has 0 aliphatic rings. The number of hydrogen-bond donors (Lipinski definition) is 1. The Bertz CT molecular complexity index is 841. The highest BCUT2D eigenvalue weighted by molar-refractivity contribution is 7.13. The summed E-state index contributed by atoms with van der Waals surface area (Å²) in [6.45, 7) is 0. The molecule has 2 aromatic heterocycles. The van der Waals surface area contributed by atoms with Gasteiger partial charge in [-0.05, 0) is 6.07 Å². The van der Waals surface area contributed by atoms with Crippen LogP contribution in [0.15, 0.2) is 34.6 Å². The van der Waals surface area contributed by atoms with Gasteiger partial charge < -0.3 is 0 Å². The average molecular weight is 287 g/mol. The highest BCUT2D eigenvalue weighted by atomic mass is 32.1. The average Bonchev–Trinajstić information content (AvgIpc) is 2.95. The number of hydrogen-bond acceptors (Lipinski definition) is 6. The molecule has 1 aromatic carbocycles. The third-order valence-electron chi connectivity index (χ3n) is 2.75. The number of rotatable bonds is 2. The molecule has 7 nitrogen and oxygen atoms in total. The molecule has 0 saturated heterocycles. The van der Waals surface area contributed by atoms with Crippen LogP contribution in [0.4, 0.5) is 5.13 Å². The van der Waals surface area contributed by atoms with Crippen molar-refractivity contribution in [3.63, 3.8) is 0 Å². The molecule has 0 atom stereocenters. The van der Waals surface area contributed by atoms with E-state index in [4.69, 9.17) is 0 Å². The van der Waals surface area contributed by atoms with Crippen molar-refractivity contribution in [3.05, 3.63) is 45.8 Å². The molecule has 100 valence electrons. The van der Waals surface area contributed by atoms with Gasteiger partial charge in [0.15, 0.2) is 5.69 Å². The summed E-state index contributed by atoms with van der Waals surface area (Å²) in [7, 11) is 1.51. The fourth-order valence-corrected chi connectivity index (χ4v) is 2.29. The van der Waals surface area contributed by atoms with Gasteiger partial charge in [0.1, 0.15) is 5.51 Å². The number of nitrogens with zero attached hydrogens (tertiary/aromatic N) is 4. The largest absolute Gasteiger partial charge is 0.295 e. The Kier molecular flexibility index (Phi) is 2.99. The molecule has 8 heteroatoms. The predicted octanol–water partition coefficient (Wildman–Crippen LogP) is 1.04. The third-order valence-corrected chi connectivity index (χ3v) is 3.36. The van der Waals surface area contributed by atoms with E-state index in [1.165, 1.54) is 23.9 Å². The molecule has 3 rings (SSSR count). The van der Waals surface area contributed by atoms with E-state index in [0.29, 0.717) is 15.9 Å². The van der Waals surface area contributed by atoms with E-state index < -0.39 is 5.91 Å². The summed E-state index contributed by atoms with van der Waals surface area (Å²) >= 11 is 1.21. The Morgan fingerprint density at radius 2 is 2.05 bits per heavy atom. The first-order chi connectivity index (χ1) is 9.66. The molecule has 0 fully saturated rings.